The third-order valence-corrected chi connectivity index (χ3v) is 12.6. The third kappa shape index (κ3) is 4.96. The summed E-state index contributed by atoms with van der Waals surface area (Å²) in [5.74, 6) is -0.347. The predicted octanol–water partition coefficient (Wildman–Crippen LogP) is 6.28. The van der Waals surface area contributed by atoms with Crippen LogP contribution in [0, 0.1) is 5.92 Å². The summed E-state index contributed by atoms with van der Waals surface area (Å²) < 4.78 is 12.0. The van der Waals surface area contributed by atoms with E-state index in [1.807, 2.05) is 6.08 Å². The lowest BCUT2D eigenvalue weighted by Crippen LogP contribution is -2.66. The monoisotopic (exact) mass is 521 g/mol. The van der Waals surface area contributed by atoms with Crippen molar-refractivity contribution in [2.75, 3.05) is 7.11 Å². The summed E-state index contributed by atoms with van der Waals surface area (Å²) in [6.07, 6.45) is 3.62. The molecule has 0 amide bonds. The van der Waals surface area contributed by atoms with E-state index in [4.69, 9.17) is 14.1 Å². The fourth-order valence-corrected chi connectivity index (χ4v) is 10.2. The highest BCUT2D eigenvalue weighted by Crippen LogP contribution is 2.37. The number of carbonyl (C=O) groups is 1. The molecule has 0 saturated carbocycles. The minimum Gasteiger partial charge on any atom is -0.469 e. The van der Waals surface area contributed by atoms with Gasteiger partial charge in [0.15, 0.2) is 0 Å². The predicted molar refractivity (Wildman–Crippen MR) is 157 cm³/mol. The number of pyridine rings is 1. The maximum atomic E-state index is 11.9. The van der Waals surface area contributed by atoms with E-state index in [-0.39, 0.29) is 16.9 Å². The van der Waals surface area contributed by atoms with Crippen molar-refractivity contribution in [3.8, 4) is 0 Å². The highest BCUT2D eigenvalue weighted by molar-refractivity contribution is 6.99. The third-order valence-electron chi connectivity index (χ3n) is 7.59. The first-order valence-electron chi connectivity index (χ1n) is 13.3. The molecule has 1 atom stereocenters. The summed E-state index contributed by atoms with van der Waals surface area (Å²) in [6.45, 7) is 7.42. The molecule has 5 rings (SSSR count). The Morgan fingerprint density at radius 1 is 0.921 bits per heavy atom. The van der Waals surface area contributed by atoms with Crippen molar-refractivity contribution >= 4 is 41.1 Å². The number of hydrogen-bond donors (Lipinski definition) is 0. The van der Waals surface area contributed by atoms with Gasteiger partial charge in [0.25, 0.3) is 8.32 Å². The zero-order valence-corrected chi connectivity index (χ0v) is 23.6. The average molecular weight is 522 g/mol. The normalized spacial score (nSPS) is 15.9. The number of esters is 1. The molecule has 38 heavy (non-hydrogen) atoms. The number of aromatic nitrogens is 1. The van der Waals surface area contributed by atoms with E-state index in [1.54, 1.807) is 0 Å². The molecule has 4 nitrogen and oxygen atoms in total. The van der Waals surface area contributed by atoms with Crippen molar-refractivity contribution in [3.63, 3.8) is 0 Å². The van der Waals surface area contributed by atoms with E-state index < -0.39 is 8.32 Å². The SMILES string of the molecule is COC(=O)C1C=C(c2ccc3cc(CO[Si](c4ccccc4)(c4ccccc4)C(C)(C)C)ccc3n2)CC1. The largest absolute Gasteiger partial charge is 0.469 e. The summed E-state index contributed by atoms with van der Waals surface area (Å²) in [7, 11) is -1.16. The van der Waals surface area contributed by atoms with Gasteiger partial charge in [-0.05, 0) is 57.6 Å². The van der Waals surface area contributed by atoms with Gasteiger partial charge in [0.2, 0.25) is 0 Å². The number of fused-ring (bicyclic) bond motifs is 1. The molecular weight excluding hydrogens is 486 g/mol. The van der Waals surface area contributed by atoms with Gasteiger partial charge >= 0.3 is 5.97 Å². The van der Waals surface area contributed by atoms with Crippen LogP contribution < -0.4 is 10.4 Å². The molecule has 0 N–H and O–H groups in total. The number of hydrogen-bond acceptors (Lipinski definition) is 4. The van der Waals surface area contributed by atoms with Crippen molar-refractivity contribution in [1.82, 2.24) is 4.98 Å². The molecule has 1 heterocycles. The summed E-state index contributed by atoms with van der Waals surface area (Å²) in [4.78, 5) is 16.8. The second-order valence-corrected chi connectivity index (χ2v) is 15.3. The van der Waals surface area contributed by atoms with Crippen LogP contribution in [0.25, 0.3) is 16.5 Å². The molecule has 1 aliphatic carbocycles. The Labute approximate surface area is 226 Å². The van der Waals surface area contributed by atoms with Gasteiger partial charge < -0.3 is 9.16 Å². The lowest BCUT2D eigenvalue weighted by Gasteiger charge is -2.43. The number of ether oxygens (including phenoxy) is 1. The van der Waals surface area contributed by atoms with Crippen LogP contribution in [-0.2, 0) is 20.6 Å². The quantitative estimate of drug-likeness (QED) is 0.212. The molecule has 1 aliphatic rings. The summed E-state index contributed by atoms with van der Waals surface area (Å²) >= 11 is 0. The van der Waals surface area contributed by atoms with Gasteiger partial charge in [0.1, 0.15) is 0 Å². The summed E-state index contributed by atoms with van der Waals surface area (Å²) in [5.41, 5.74) is 4.12. The van der Waals surface area contributed by atoms with Gasteiger partial charge in [-0.25, -0.2) is 4.98 Å². The Hall–Kier alpha value is -3.54. The Balaban J connectivity index is 1.45. The van der Waals surface area contributed by atoms with Gasteiger partial charge in [-0.2, -0.15) is 0 Å². The number of allylic oxidation sites excluding steroid dienone is 1. The smallest absolute Gasteiger partial charge is 0.312 e. The van der Waals surface area contributed by atoms with Gasteiger partial charge in [-0.15, -0.1) is 0 Å². The van der Waals surface area contributed by atoms with Crippen LogP contribution in [0.2, 0.25) is 5.04 Å². The molecule has 0 spiro atoms. The van der Waals surface area contributed by atoms with Crippen LogP contribution in [0.5, 0.6) is 0 Å². The lowest BCUT2D eigenvalue weighted by atomic mass is 10.1. The Morgan fingerprint density at radius 2 is 1.58 bits per heavy atom. The Morgan fingerprint density at radius 3 is 2.18 bits per heavy atom. The molecule has 0 aliphatic heterocycles. The molecule has 1 unspecified atom stereocenters. The number of carbonyl (C=O) groups excluding carboxylic acids is 1. The van der Waals surface area contributed by atoms with Crippen molar-refractivity contribution in [2.45, 2.75) is 45.3 Å². The molecule has 1 aromatic heterocycles. The zero-order chi connectivity index (χ0) is 26.8. The fourth-order valence-electron chi connectivity index (χ4n) is 5.67. The highest BCUT2D eigenvalue weighted by Gasteiger charge is 2.50. The van der Waals surface area contributed by atoms with Gasteiger partial charge in [-0.3, -0.25) is 4.79 Å². The van der Waals surface area contributed by atoms with Crippen molar-refractivity contribution in [2.24, 2.45) is 5.92 Å². The van der Waals surface area contributed by atoms with Crippen LogP contribution in [0.4, 0.5) is 0 Å². The van der Waals surface area contributed by atoms with Crippen LogP contribution in [-0.4, -0.2) is 26.4 Å². The average Bonchev–Trinajstić information content (AvgIpc) is 3.43. The molecule has 0 saturated heterocycles. The van der Waals surface area contributed by atoms with E-state index >= 15 is 0 Å². The number of methoxy groups -OCH3 is 1. The topological polar surface area (TPSA) is 48.4 Å². The minimum atomic E-state index is -2.61. The molecular formula is C33H35NO3Si. The maximum absolute atomic E-state index is 11.9. The van der Waals surface area contributed by atoms with E-state index in [1.165, 1.54) is 17.5 Å². The first kappa shape index (κ1) is 26.1. The van der Waals surface area contributed by atoms with E-state index in [2.05, 4.69) is 112 Å². The van der Waals surface area contributed by atoms with Crippen LogP contribution >= 0.6 is 0 Å². The molecule has 0 fully saturated rings. The second-order valence-electron chi connectivity index (χ2n) is 11.0. The molecule has 4 aromatic rings. The minimum absolute atomic E-state index is 0.0694. The number of rotatable bonds is 7. The van der Waals surface area contributed by atoms with Gasteiger partial charge in [0.05, 0.1) is 30.8 Å². The first-order valence-corrected chi connectivity index (χ1v) is 15.2. The van der Waals surface area contributed by atoms with Crippen LogP contribution in [0.3, 0.4) is 0 Å². The second kappa shape index (κ2) is 10.7. The molecule has 0 bridgehead atoms. The highest BCUT2D eigenvalue weighted by atomic mass is 28.4. The zero-order valence-electron chi connectivity index (χ0n) is 22.6. The van der Waals surface area contributed by atoms with E-state index in [9.17, 15) is 4.79 Å². The molecule has 5 heteroatoms. The van der Waals surface area contributed by atoms with Crippen molar-refractivity contribution < 1.29 is 14.0 Å². The number of nitrogens with zero attached hydrogens (tertiary/aromatic N) is 1. The van der Waals surface area contributed by atoms with Gasteiger partial charge in [0, 0.05) is 5.39 Å². The first-order chi connectivity index (χ1) is 18.3. The fraction of sp³-hybridized carbons (Fsp3) is 0.273. The Kier molecular flexibility index (Phi) is 7.33. The Bertz CT molecular complexity index is 1420. The van der Waals surface area contributed by atoms with E-state index in [0.29, 0.717) is 6.61 Å². The van der Waals surface area contributed by atoms with Gasteiger partial charge in [-0.1, -0.05) is 99.6 Å². The molecule has 194 valence electrons. The van der Waals surface area contributed by atoms with Crippen molar-refractivity contribution in [3.05, 3.63) is 108 Å². The van der Waals surface area contributed by atoms with Crippen LogP contribution in [0.1, 0.15) is 44.9 Å². The molecule has 3 aromatic carbocycles. The van der Waals surface area contributed by atoms with E-state index in [0.717, 1.165) is 40.6 Å². The van der Waals surface area contributed by atoms with Crippen molar-refractivity contribution in [1.29, 1.82) is 0 Å². The molecule has 0 radical (unpaired) electrons. The van der Waals surface area contributed by atoms with Crippen LogP contribution in [0.15, 0.2) is 97.1 Å². The summed E-state index contributed by atoms with van der Waals surface area (Å²) in [6, 6.07) is 32.0. The maximum Gasteiger partial charge on any atom is 0.312 e. The number of benzene rings is 3. The lowest BCUT2D eigenvalue weighted by molar-refractivity contribution is -0.143. The summed E-state index contributed by atoms with van der Waals surface area (Å²) in [5, 5.41) is 3.57. The standard InChI is InChI=1S/C33H35NO3Si/c1-33(2,3)38(28-11-7-5-8-12-28,29-13-9-6-10-14-29)37-23-24-15-19-30-25(21-24)18-20-31(34-30)26-16-17-27(22-26)32(35)36-4/h5-15,18-22,27H,16-17,23H2,1-4H3.